The minimum atomic E-state index is -0.713. The zero-order chi connectivity index (χ0) is 14.6. The molecule has 6 heteroatoms. The predicted molar refractivity (Wildman–Crippen MR) is 71.5 cm³/mol. The first-order chi connectivity index (χ1) is 10.1. The third-order valence-corrected chi connectivity index (χ3v) is 5.10. The Labute approximate surface area is 121 Å². The fourth-order valence-corrected chi connectivity index (χ4v) is 3.68. The van der Waals surface area contributed by atoms with Crippen molar-refractivity contribution in [1.82, 2.24) is 10.5 Å². The number of nitrogens with one attached hydrogen (secondary N) is 1. The van der Waals surface area contributed by atoms with Crippen molar-refractivity contribution in [2.75, 3.05) is 0 Å². The largest absolute Gasteiger partial charge is 0.481 e. The molecule has 0 bridgehead atoms. The van der Waals surface area contributed by atoms with Gasteiger partial charge < -0.3 is 14.9 Å². The maximum Gasteiger partial charge on any atom is 0.310 e. The molecule has 0 unspecified atom stereocenters. The molecule has 0 aliphatic heterocycles. The van der Waals surface area contributed by atoms with Gasteiger partial charge in [0.2, 0.25) is 5.91 Å². The second kappa shape index (κ2) is 4.32. The average molecular weight is 290 g/mol. The van der Waals surface area contributed by atoms with Crippen molar-refractivity contribution in [2.45, 2.75) is 50.5 Å². The van der Waals surface area contributed by atoms with E-state index in [1.165, 1.54) is 0 Å². The third-order valence-electron chi connectivity index (χ3n) is 5.10. The molecule has 2 N–H and O–H groups in total. The van der Waals surface area contributed by atoms with E-state index >= 15 is 0 Å². The lowest BCUT2D eigenvalue weighted by atomic mass is 10.0. The second-order valence-corrected chi connectivity index (χ2v) is 6.74. The number of carbonyl (C=O) groups excluding carboxylic acids is 1. The molecule has 3 aliphatic rings. The lowest BCUT2D eigenvalue weighted by molar-refractivity contribution is -0.143. The molecule has 21 heavy (non-hydrogen) atoms. The number of carboxylic acids is 1. The van der Waals surface area contributed by atoms with Crippen molar-refractivity contribution in [2.24, 2.45) is 11.3 Å². The highest BCUT2D eigenvalue weighted by atomic mass is 16.5. The second-order valence-electron chi connectivity index (χ2n) is 6.74. The van der Waals surface area contributed by atoms with Gasteiger partial charge in [-0.25, -0.2) is 0 Å². The summed E-state index contributed by atoms with van der Waals surface area (Å²) in [7, 11) is 0. The normalized spacial score (nSPS) is 33.5. The van der Waals surface area contributed by atoms with Crippen LogP contribution in [-0.2, 0) is 16.0 Å². The molecule has 0 spiro atoms. The Kier molecular flexibility index (Phi) is 2.65. The van der Waals surface area contributed by atoms with Crippen LogP contribution in [-0.4, -0.2) is 28.2 Å². The zero-order valence-corrected chi connectivity index (χ0v) is 11.7. The van der Waals surface area contributed by atoms with Crippen molar-refractivity contribution >= 4 is 11.9 Å². The monoisotopic (exact) mass is 290 g/mol. The van der Waals surface area contributed by atoms with Gasteiger partial charge >= 0.3 is 5.97 Å². The Morgan fingerprint density at radius 3 is 2.90 bits per heavy atom. The molecule has 6 nitrogen and oxygen atoms in total. The van der Waals surface area contributed by atoms with Crippen LogP contribution in [0.3, 0.4) is 0 Å². The van der Waals surface area contributed by atoms with Crippen molar-refractivity contribution in [3.63, 3.8) is 0 Å². The lowest BCUT2D eigenvalue weighted by Gasteiger charge is -2.15. The van der Waals surface area contributed by atoms with Gasteiger partial charge in [-0.15, -0.1) is 0 Å². The molecule has 1 aromatic heterocycles. The van der Waals surface area contributed by atoms with Crippen molar-refractivity contribution < 1.29 is 19.2 Å². The van der Waals surface area contributed by atoms with E-state index in [1.807, 2.05) is 6.07 Å². The van der Waals surface area contributed by atoms with E-state index in [9.17, 15) is 14.7 Å². The average Bonchev–Trinajstić information content (AvgIpc) is 3.31. The summed E-state index contributed by atoms with van der Waals surface area (Å²) in [4.78, 5) is 23.2. The summed E-state index contributed by atoms with van der Waals surface area (Å²) in [6, 6.07) is 1.85. The topological polar surface area (TPSA) is 92.4 Å². The van der Waals surface area contributed by atoms with Gasteiger partial charge in [0.15, 0.2) is 0 Å². The van der Waals surface area contributed by atoms with E-state index in [0.717, 1.165) is 31.4 Å². The SMILES string of the molecule is O=C(Cc1cc(C2CC2)on1)N[C@H]1C[C@@H]2C[C@]2(C(=O)O)C1. The predicted octanol–water partition coefficient (Wildman–Crippen LogP) is 1.46. The molecule has 3 atom stereocenters. The number of carboxylic acid groups (broad SMARTS) is 1. The molecule has 3 aliphatic carbocycles. The van der Waals surface area contributed by atoms with E-state index in [1.54, 1.807) is 0 Å². The van der Waals surface area contributed by atoms with Gasteiger partial charge in [0, 0.05) is 18.0 Å². The van der Waals surface area contributed by atoms with Crippen LogP contribution in [0.25, 0.3) is 0 Å². The Morgan fingerprint density at radius 1 is 1.43 bits per heavy atom. The molecular formula is C15H18N2O4. The highest BCUT2D eigenvalue weighted by Crippen LogP contribution is 2.63. The van der Waals surface area contributed by atoms with Crippen LogP contribution in [0.4, 0.5) is 0 Å². The van der Waals surface area contributed by atoms with Crippen LogP contribution in [0, 0.1) is 11.3 Å². The summed E-state index contributed by atoms with van der Waals surface area (Å²) in [5, 5.41) is 16.1. The number of nitrogens with zero attached hydrogens (tertiary/aromatic N) is 1. The number of hydrogen-bond acceptors (Lipinski definition) is 4. The summed E-state index contributed by atoms with van der Waals surface area (Å²) in [6.07, 6.45) is 4.60. The first kappa shape index (κ1) is 12.9. The molecule has 3 fully saturated rings. The molecule has 3 saturated carbocycles. The molecular weight excluding hydrogens is 272 g/mol. The number of amides is 1. The Morgan fingerprint density at radius 2 is 2.24 bits per heavy atom. The Balaban J connectivity index is 1.31. The smallest absolute Gasteiger partial charge is 0.310 e. The molecule has 0 saturated heterocycles. The molecule has 1 amide bonds. The van der Waals surface area contributed by atoms with E-state index in [2.05, 4.69) is 10.5 Å². The highest BCUT2D eigenvalue weighted by molar-refractivity contribution is 5.81. The molecule has 0 radical (unpaired) electrons. The molecule has 112 valence electrons. The quantitative estimate of drug-likeness (QED) is 0.856. The maximum absolute atomic E-state index is 12.0. The van der Waals surface area contributed by atoms with Crippen LogP contribution >= 0.6 is 0 Å². The van der Waals surface area contributed by atoms with E-state index in [-0.39, 0.29) is 24.3 Å². The molecule has 1 heterocycles. The molecule has 1 aromatic rings. The number of hydrogen-bond donors (Lipinski definition) is 2. The van der Waals surface area contributed by atoms with Gasteiger partial charge in [-0.1, -0.05) is 5.16 Å². The number of aliphatic carboxylic acids is 1. The number of fused-ring (bicyclic) bond motifs is 1. The van der Waals surface area contributed by atoms with Gasteiger partial charge in [0.25, 0.3) is 0 Å². The van der Waals surface area contributed by atoms with Gasteiger partial charge in [0.05, 0.1) is 17.5 Å². The minimum absolute atomic E-state index is 0.0119. The summed E-state index contributed by atoms with van der Waals surface area (Å²) in [5.74, 6) is 0.803. The van der Waals surface area contributed by atoms with Gasteiger partial charge in [-0.3, -0.25) is 9.59 Å². The van der Waals surface area contributed by atoms with Crippen LogP contribution < -0.4 is 5.32 Å². The first-order valence-electron chi connectivity index (χ1n) is 7.55. The van der Waals surface area contributed by atoms with Crippen molar-refractivity contribution in [3.8, 4) is 0 Å². The minimum Gasteiger partial charge on any atom is -0.481 e. The summed E-state index contributed by atoms with van der Waals surface area (Å²) in [5.41, 5.74) is 0.107. The Bertz CT molecular complexity index is 607. The van der Waals surface area contributed by atoms with Gasteiger partial charge in [-0.05, 0) is 38.0 Å². The third kappa shape index (κ3) is 2.22. The zero-order valence-electron chi connectivity index (χ0n) is 11.7. The number of rotatable bonds is 5. The molecule has 4 rings (SSSR count). The lowest BCUT2D eigenvalue weighted by Crippen LogP contribution is -2.36. The van der Waals surface area contributed by atoms with Crippen LogP contribution in [0.1, 0.15) is 49.5 Å². The van der Waals surface area contributed by atoms with Crippen LogP contribution in [0.5, 0.6) is 0 Å². The number of carbonyl (C=O) groups is 2. The highest BCUT2D eigenvalue weighted by Gasteiger charge is 2.65. The standard InChI is InChI=1S/C15H18N2O4/c18-13(5-10-4-12(21-17-10)8-1-2-8)16-11-3-9-6-15(9,7-11)14(19)20/h4,8-9,11H,1-3,5-7H2,(H,16,18)(H,19,20)/t9-,11+,15+/m1/s1. The number of aromatic nitrogens is 1. The van der Waals surface area contributed by atoms with Crippen molar-refractivity contribution in [1.29, 1.82) is 0 Å². The summed E-state index contributed by atoms with van der Waals surface area (Å²) >= 11 is 0. The van der Waals surface area contributed by atoms with E-state index < -0.39 is 11.4 Å². The van der Waals surface area contributed by atoms with Gasteiger partial charge in [-0.2, -0.15) is 0 Å². The maximum atomic E-state index is 12.0. The van der Waals surface area contributed by atoms with Gasteiger partial charge in [0.1, 0.15) is 5.76 Å². The summed E-state index contributed by atoms with van der Waals surface area (Å²) < 4.78 is 5.22. The van der Waals surface area contributed by atoms with E-state index in [4.69, 9.17) is 4.52 Å². The van der Waals surface area contributed by atoms with Crippen LogP contribution in [0.15, 0.2) is 10.6 Å². The fourth-order valence-electron chi connectivity index (χ4n) is 3.68. The van der Waals surface area contributed by atoms with Crippen LogP contribution in [0.2, 0.25) is 0 Å². The summed E-state index contributed by atoms with van der Waals surface area (Å²) in [6.45, 7) is 0. The van der Waals surface area contributed by atoms with Crippen molar-refractivity contribution in [3.05, 3.63) is 17.5 Å². The molecule has 0 aromatic carbocycles. The first-order valence-corrected chi connectivity index (χ1v) is 7.55. The Hall–Kier alpha value is -1.85. The fraction of sp³-hybridized carbons (Fsp3) is 0.667. The van der Waals surface area contributed by atoms with E-state index in [0.29, 0.717) is 18.0 Å².